The number of hydrogen-bond acceptors (Lipinski definition) is 4. The third-order valence-corrected chi connectivity index (χ3v) is 5.32. The summed E-state index contributed by atoms with van der Waals surface area (Å²) in [6, 6.07) is 24.4. The number of fused-ring (bicyclic) bond motifs is 1. The highest BCUT2D eigenvalue weighted by molar-refractivity contribution is 6.30. The van der Waals surface area contributed by atoms with Gasteiger partial charge in [-0.15, -0.1) is 10.2 Å². The van der Waals surface area contributed by atoms with Gasteiger partial charge in [-0.05, 0) is 30.3 Å². The van der Waals surface area contributed by atoms with Crippen molar-refractivity contribution in [3.8, 4) is 33.9 Å². The molecule has 0 atom stereocenters. The summed E-state index contributed by atoms with van der Waals surface area (Å²) in [5.41, 5.74) is 10.5. The van der Waals surface area contributed by atoms with Crippen LogP contribution in [0.5, 0.6) is 0 Å². The molecular formula is C24H16ClN5O. The van der Waals surface area contributed by atoms with E-state index in [1.54, 1.807) is 12.1 Å². The molecule has 0 fully saturated rings. The van der Waals surface area contributed by atoms with E-state index in [-0.39, 0.29) is 0 Å². The molecule has 2 heterocycles. The molecule has 3 aromatic carbocycles. The Bertz CT molecular complexity index is 1430. The second-order valence-electron chi connectivity index (χ2n) is 7.06. The number of rotatable bonds is 4. The minimum atomic E-state index is -0.465. The van der Waals surface area contributed by atoms with Crippen LogP contribution in [0.1, 0.15) is 10.4 Å². The third kappa shape index (κ3) is 3.53. The Morgan fingerprint density at radius 3 is 2.23 bits per heavy atom. The molecular weight excluding hydrogens is 410 g/mol. The van der Waals surface area contributed by atoms with Crippen LogP contribution in [0.15, 0.2) is 78.9 Å². The van der Waals surface area contributed by atoms with Crippen LogP contribution in [0.3, 0.4) is 0 Å². The van der Waals surface area contributed by atoms with Crippen molar-refractivity contribution in [2.75, 3.05) is 0 Å². The van der Waals surface area contributed by atoms with E-state index in [4.69, 9.17) is 17.3 Å². The van der Waals surface area contributed by atoms with Crippen LogP contribution in [-0.4, -0.2) is 26.3 Å². The van der Waals surface area contributed by atoms with Crippen molar-refractivity contribution in [3.05, 3.63) is 89.4 Å². The van der Waals surface area contributed by atoms with Crippen molar-refractivity contribution >= 4 is 28.3 Å². The molecule has 0 spiro atoms. The number of benzene rings is 3. The molecule has 5 rings (SSSR count). The van der Waals surface area contributed by atoms with E-state index in [2.05, 4.69) is 20.4 Å². The number of H-pyrrole nitrogens is 1. The number of primary amides is 1. The molecule has 1 amide bonds. The summed E-state index contributed by atoms with van der Waals surface area (Å²) in [5, 5.41) is 19.0. The van der Waals surface area contributed by atoms with Crippen molar-refractivity contribution in [2.45, 2.75) is 0 Å². The zero-order valence-electron chi connectivity index (χ0n) is 16.2. The fourth-order valence-corrected chi connectivity index (χ4v) is 3.74. The lowest BCUT2D eigenvalue weighted by Crippen LogP contribution is -2.10. The molecule has 0 aliphatic heterocycles. The van der Waals surface area contributed by atoms with Crippen LogP contribution in [0.4, 0.5) is 0 Å². The number of carbonyl (C=O) groups excluding carboxylic acids is 1. The topological polar surface area (TPSA) is 97.6 Å². The Morgan fingerprint density at radius 1 is 0.806 bits per heavy atom. The van der Waals surface area contributed by atoms with E-state index in [1.165, 1.54) is 0 Å². The Hall–Kier alpha value is -4.03. The van der Waals surface area contributed by atoms with Gasteiger partial charge in [0.1, 0.15) is 11.4 Å². The predicted octanol–water partition coefficient (Wildman–Crippen LogP) is 5.11. The summed E-state index contributed by atoms with van der Waals surface area (Å²) in [6.07, 6.45) is 0. The van der Waals surface area contributed by atoms with Crippen molar-refractivity contribution in [1.82, 2.24) is 20.4 Å². The van der Waals surface area contributed by atoms with Crippen molar-refractivity contribution in [2.24, 2.45) is 5.73 Å². The fraction of sp³-hybridized carbons (Fsp3) is 0. The first-order chi connectivity index (χ1) is 15.1. The second-order valence-corrected chi connectivity index (χ2v) is 7.50. The molecule has 0 aliphatic carbocycles. The first kappa shape index (κ1) is 19.0. The zero-order chi connectivity index (χ0) is 21.4. The largest absolute Gasteiger partial charge is 0.366 e. The molecule has 3 N–H and O–H groups in total. The Kier molecular flexibility index (Phi) is 4.69. The summed E-state index contributed by atoms with van der Waals surface area (Å²) >= 11 is 6.11. The maximum atomic E-state index is 11.4. The van der Waals surface area contributed by atoms with Gasteiger partial charge in [-0.25, -0.2) is 0 Å². The fourth-order valence-electron chi connectivity index (χ4n) is 3.55. The summed E-state index contributed by atoms with van der Waals surface area (Å²) in [6.45, 7) is 0. The van der Waals surface area contributed by atoms with Gasteiger partial charge in [0.15, 0.2) is 0 Å². The van der Waals surface area contributed by atoms with Crippen molar-refractivity contribution in [3.63, 3.8) is 0 Å². The molecule has 0 saturated carbocycles. The first-order valence-electron chi connectivity index (χ1n) is 9.57. The molecule has 0 aliphatic rings. The van der Waals surface area contributed by atoms with Crippen LogP contribution in [0.2, 0.25) is 5.02 Å². The van der Waals surface area contributed by atoms with Crippen LogP contribution in [-0.2, 0) is 0 Å². The first-order valence-corrected chi connectivity index (χ1v) is 9.95. The summed E-state index contributed by atoms with van der Waals surface area (Å²) in [7, 11) is 0. The van der Waals surface area contributed by atoms with E-state index in [9.17, 15) is 4.79 Å². The van der Waals surface area contributed by atoms with Gasteiger partial charge < -0.3 is 5.73 Å². The second kappa shape index (κ2) is 7.66. The average molecular weight is 426 g/mol. The van der Waals surface area contributed by atoms with E-state index in [0.29, 0.717) is 16.3 Å². The number of amides is 1. The molecule has 0 unspecified atom stereocenters. The molecule has 0 saturated heterocycles. The number of halogens is 1. The molecule has 5 aromatic rings. The lowest BCUT2D eigenvalue weighted by molar-refractivity contribution is 0.100. The number of nitrogens with two attached hydrogens (primary N) is 1. The Morgan fingerprint density at radius 2 is 1.52 bits per heavy atom. The van der Waals surface area contributed by atoms with Crippen LogP contribution in [0, 0.1) is 0 Å². The van der Waals surface area contributed by atoms with Crippen molar-refractivity contribution < 1.29 is 4.79 Å². The van der Waals surface area contributed by atoms with Crippen molar-refractivity contribution in [1.29, 1.82) is 0 Å². The van der Waals surface area contributed by atoms with Gasteiger partial charge >= 0.3 is 0 Å². The smallest absolute Gasteiger partial charge is 0.248 e. The highest BCUT2D eigenvalue weighted by Crippen LogP contribution is 2.33. The number of nitrogens with zero attached hydrogens (tertiary/aromatic N) is 3. The van der Waals surface area contributed by atoms with Gasteiger partial charge in [0.2, 0.25) is 5.91 Å². The number of carbonyl (C=O) groups is 1. The molecule has 0 radical (unpaired) electrons. The number of aromatic amines is 1. The maximum Gasteiger partial charge on any atom is 0.248 e. The summed E-state index contributed by atoms with van der Waals surface area (Å²) in [5.74, 6) is -0.465. The maximum absolute atomic E-state index is 11.4. The van der Waals surface area contributed by atoms with Crippen LogP contribution < -0.4 is 5.73 Å². The van der Waals surface area contributed by atoms with Gasteiger partial charge in [-0.3, -0.25) is 9.89 Å². The number of hydrogen-bond donors (Lipinski definition) is 2. The van der Waals surface area contributed by atoms with Gasteiger partial charge in [-0.2, -0.15) is 5.10 Å². The quantitative estimate of drug-likeness (QED) is 0.418. The Balaban J connectivity index is 1.61. The Labute approximate surface area is 182 Å². The predicted molar refractivity (Wildman–Crippen MR) is 122 cm³/mol. The van der Waals surface area contributed by atoms with E-state index in [1.807, 2.05) is 66.7 Å². The van der Waals surface area contributed by atoms with E-state index < -0.39 is 5.91 Å². The standard InChI is InChI=1S/C24H16ClN5O/c25-17-5-3-4-16(12-17)20-13-21(28-27-20)23-19-7-2-1-6-18(19)22(29-30-23)14-8-10-15(11-9-14)24(26)31/h1-13H,(H2,26,31)(H,27,28). The van der Waals surface area contributed by atoms with Gasteiger partial charge in [0.25, 0.3) is 0 Å². The summed E-state index contributed by atoms with van der Waals surface area (Å²) < 4.78 is 0. The zero-order valence-corrected chi connectivity index (χ0v) is 17.0. The monoisotopic (exact) mass is 425 g/mol. The van der Waals surface area contributed by atoms with Crippen LogP contribution in [0.25, 0.3) is 44.7 Å². The number of aromatic nitrogens is 4. The van der Waals surface area contributed by atoms with Gasteiger partial charge in [0, 0.05) is 32.5 Å². The lowest BCUT2D eigenvalue weighted by Gasteiger charge is -2.08. The minimum Gasteiger partial charge on any atom is -0.366 e. The highest BCUT2D eigenvalue weighted by Gasteiger charge is 2.15. The molecule has 6 nitrogen and oxygen atoms in total. The van der Waals surface area contributed by atoms with Gasteiger partial charge in [0.05, 0.1) is 11.4 Å². The van der Waals surface area contributed by atoms with Gasteiger partial charge in [-0.1, -0.05) is 60.1 Å². The number of nitrogens with one attached hydrogen (secondary N) is 1. The normalized spacial score (nSPS) is 11.0. The minimum absolute atomic E-state index is 0.448. The summed E-state index contributed by atoms with van der Waals surface area (Å²) in [4.78, 5) is 11.4. The average Bonchev–Trinajstić information content (AvgIpc) is 3.28. The molecule has 150 valence electrons. The molecule has 31 heavy (non-hydrogen) atoms. The molecule has 7 heteroatoms. The lowest BCUT2D eigenvalue weighted by atomic mass is 10.0. The third-order valence-electron chi connectivity index (χ3n) is 5.08. The molecule has 0 bridgehead atoms. The van der Waals surface area contributed by atoms with E-state index in [0.717, 1.165) is 39.0 Å². The van der Waals surface area contributed by atoms with E-state index >= 15 is 0 Å². The molecule has 2 aromatic heterocycles. The van der Waals surface area contributed by atoms with Crippen LogP contribution >= 0.6 is 11.6 Å². The highest BCUT2D eigenvalue weighted by atomic mass is 35.5. The SMILES string of the molecule is NC(=O)c1ccc(-c2nnc(-c3cc(-c4cccc(Cl)c4)n[nH]3)c3ccccc23)cc1.